The predicted molar refractivity (Wildman–Crippen MR) is 53.8 cm³/mol. The summed E-state index contributed by atoms with van der Waals surface area (Å²) in [6.45, 7) is 1.00. The number of hydrogen-bond donors (Lipinski definition) is 1. The van der Waals surface area contributed by atoms with E-state index >= 15 is 0 Å². The summed E-state index contributed by atoms with van der Waals surface area (Å²) in [5.74, 6) is 0. The highest BCUT2D eigenvalue weighted by Crippen LogP contribution is 2.25. The Kier molecular flexibility index (Phi) is 2.82. The zero-order valence-electron chi connectivity index (χ0n) is 8.26. The number of likely N-dealkylation sites (N-methyl/N-ethyl adjacent to an activating group) is 1. The summed E-state index contributed by atoms with van der Waals surface area (Å²) < 4.78 is 5.22. The summed E-state index contributed by atoms with van der Waals surface area (Å²) in [6, 6.07) is 10.1. The third-order valence-electron chi connectivity index (χ3n) is 2.56. The van der Waals surface area contributed by atoms with Crippen molar-refractivity contribution in [2.24, 2.45) is 0 Å². The van der Waals surface area contributed by atoms with Gasteiger partial charge >= 0.3 is 0 Å². The minimum Gasteiger partial charge on any atom is -0.389 e. The molecule has 1 fully saturated rings. The minimum atomic E-state index is -0.434. The molecule has 1 saturated heterocycles. The lowest BCUT2D eigenvalue weighted by atomic mass is 10.00. The maximum atomic E-state index is 9.83. The van der Waals surface area contributed by atoms with Crippen molar-refractivity contribution in [3.63, 3.8) is 0 Å². The molecule has 1 heterocycles. The molecule has 3 heteroatoms. The van der Waals surface area contributed by atoms with Crippen LogP contribution in [-0.4, -0.2) is 36.5 Å². The van der Waals surface area contributed by atoms with Crippen molar-refractivity contribution in [3.05, 3.63) is 35.9 Å². The Bertz CT molecular complexity index is 279. The zero-order chi connectivity index (χ0) is 9.97. The molecule has 0 aromatic heterocycles. The Morgan fingerprint density at radius 2 is 2.07 bits per heavy atom. The third-order valence-corrected chi connectivity index (χ3v) is 2.56. The molecular formula is C11H15NO2. The molecule has 0 bridgehead atoms. The fourth-order valence-electron chi connectivity index (χ4n) is 1.91. The molecule has 2 rings (SSSR count). The average molecular weight is 193 g/mol. The maximum Gasteiger partial charge on any atom is 0.0995 e. The number of aliphatic hydroxyl groups excluding tert-OH is 1. The maximum absolute atomic E-state index is 9.83. The Labute approximate surface area is 83.9 Å². The van der Waals surface area contributed by atoms with Crippen LogP contribution in [0.25, 0.3) is 0 Å². The molecule has 0 saturated carbocycles. The van der Waals surface area contributed by atoms with Crippen molar-refractivity contribution in [2.75, 3.05) is 20.4 Å². The molecule has 0 spiro atoms. The van der Waals surface area contributed by atoms with E-state index in [1.807, 2.05) is 42.3 Å². The van der Waals surface area contributed by atoms with Gasteiger partial charge in [0.25, 0.3) is 0 Å². The van der Waals surface area contributed by atoms with Crippen LogP contribution in [0.5, 0.6) is 0 Å². The molecular weight excluding hydrogens is 178 g/mol. The zero-order valence-corrected chi connectivity index (χ0v) is 8.26. The summed E-state index contributed by atoms with van der Waals surface area (Å²) in [5.41, 5.74) is 1.14. The van der Waals surface area contributed by atoms with Crippen molar-refractivity contribution >= 4 is 0 Å². The van der Waals surface area contributed by atoms with Gasteiger partial charge in [0.05, 0.1) is 25.5 Å². The SMILES string of the molecule is CN1COC[C@H](O)[C@H]1c1ccccc1. The molecule has 0 unspecified atom stereocenters. The van der Waals surface area contributed by atoms with Gasteiger partial charge in [-0.05, 0) is 12.6 Å². The van der Waals surface area contributed by atoms with Crippen LogP contribution in [0.15, 0.2) is 30.3 Å². The molecule has 2 atom stereocenters. The smallest absolute Gasteiger partial charge is 0.0995 e. The van der Waals surface area contributed by atoms with E-state index in [9.17, 15) is 5.11 Å². The van der Waals surface area contributed by atoms with E-state index in [4.69, 9.17) is 4.74 Å². The van der Waals surface area contributed by atoms with Gasteiger partial charge < -0.3 is 9.84 Å². The van der Waals surface area contributed by atoms with Gasteiger partial charge in [0, 0.05) is 0 Å². The average Bonchev–Trinajstić information content (AvgIpc) is 2.19. The highest BCUT2D eigenvalue weighted by atomic mass is 16.5. The highest BCUT2D eigenvalue weighted by molar-refractivity contribution is 5.20. The first-order valence-corrected chi connectivity index (χ1v) is 4.80. The number of rotatable bonds is 1. The molecule has 0 radical (unpaired) electrons. The van der Waals surface area contributed by atoms with Gasteiger partial charge in [-0.2, -0.15) is 0 Å². The standard InChI is InChI=1S/C11H15NO2/c1-12-8-14-7-10(13)11(12)9-5-3-2-4-6-9/h2-6,10-11,13H,7-8H2,1H3/t10-,11+/m0/s1. The van der Waals surface area contributed by atoms with Gasteiger partial charge in [0.15, 0.2) is 0 Å². The molecule has 76 valence electrons. The Hall–Kier alpha value is -0.900. The van der Waals surface area contributed by atoms with E-state index < -0.39 is 6.10 Å². The van der Waals surface area contributed by atoms with Crippen molar-refractivity contribution in [2.45, 2.75) is 12.1 Å². The number of aliphatic hydroxyl groups is 1. The number of ether oxygens (including phenoxy) is 1. The van der Waals surface area contributed by atoms with E-state index in [0.717, 1.165) is 5.56 Å². The van der Waals surface area contributed by atoms with Gasteiger partial charge in [-0.3, -0.25) is 4.90 Å². The lowest BCUT2D eigenvalue weighted by Crippen LogP contribution is -2.43. The summed E-state index contributed by atoms with van der Waals surface area (Å²) in [4.78, 5) is 2.02. The number of benzene rings is 1. The van der Waals surface area contributed by atoms with Crippen LogP contribution in [0.2, 0.25) is 0 Å². The van der Waals surface area contributed by atoms with Gasteiger partial charge in [-0.1, -0.05) is 30.3 Å². The first-order chi connectivity index (χ1) is 6.79. The fourth-order valence-corrected chi connectivity index (χ4v) is 1.91. The lowest BCUT2D eigenvalue weighted by Gasteiger charge is -2.36. The van der Waals surface area contributed by atoms with Crippen LogP contribution >= 0.6 is 0 Å². The molecule has 3 nitrogen and oxygen atoms in total. The molecule has 0 amide bonds. The van der Waals surface area contributed by atoms with E-state index in [1.54, 1.807) is 0 Å². The Balaban J connectivity index is 2.23. The van der Waals surface area contributed by atoms with Crippen molar-refractivity contribution in [1.82, 2.24) is 4.90 Å². The predicted octanol–water partition coefficient (Wildman–Crippen LogP) is 1.01. The molecule has 1 aromatic carbocycles. The first-order valence-electron chi connectivity index (χ1n) is 4.80. The first kappa shape index (κ1) is 9.65. The van der Waals surface area contributed by atoms with E-state index in [1.165, 1.54) is 0 Å². The topological polar surface area (TPSA) is 32.7 Å². The van der Waals surface area contributed by atoms with Gasteiger partial charge in [0.2, 0.25) is 0 Å². The van der Waals surface area contributed by atoms with E-state index in [-0.39, 0.29) is 6.04 Å². The van der Waals surface area contributed by atoms with Gasteiger partial charge in [0.1, 0.15) is 0 Å². The molecule has 1 aliphatic heterocycles. The van der Waals surface area contributed by atoms with Crippen LogP contribution in [0.4, 0.5) is 0 Å². The molecule has 1 aromatic rings. The Morgan fingerprint density at radius 3 is 2.71 bits per heavy atom. The van der Waals surface area contributed by atoms with E-state index in [0.29, 0.717) is 13.3 Å². The van der Waals surface area contributed by atoms with Crippen molar-refractivity contribution in [3.8, 4) is 0 Å². The van der Waals surface area contributed by atoms with Crippen LogP contribution < -0.4 is 0 Å². The largest absolute Gasteiger partial charge is 0.389 e. The van der Waals surface area contributed by atoms with Gasteiger partial charge in [-0.15, -0.1) is 0 Å². The molecule has 14 heavy (non-hydrogen) atoms. The minimum absolute atomic E-state index is 0.0601. The highest BCUT2D eigenvalue weighted by Gasteiger charge is 2.29. The van der Waals surface area contributed by atoms with Crippen LogP contribution in [-0.2, 0) is 4.74 Å². The molecule has 0 aliphatic carbocycles. The Morgan fingerprint density at radius 1 is 1.36 bits per heavy atom. The summed E-state index contributed by atoms with van der Waals surface area (Å²) in [7, 11) is 1.96. The third kappa shape index (κ3) is 1.80. The second kappa shape index (κ2) is 4.09. The van der Waals surface area contributed by atoms with Crippen LogP contribution in [0.1, 0.15) is 11.6 Å². The van der Waals surface area contributed by atoms with Crippen molar-refractivity contribution < 1.29 is 9.84 Å². The normalized spacial score (nSPS) is 29.0. The molecule has 1 N–H and O–H groups in total. The molecule has 1 aliphatic rings. The number of nitrogens with zero attached hydrogens (tertiary/aromatic N) is 1. The second-order valence-corrected chi connectivity index (χ2v) is 3.68. The summed E-state index contributed by atoms with van der Waals surface area (Å²) >= 11 is 0. The quantitative estimate of drug-likeness (QED) is 0.722. The monoisotopic (exact) mass is 193 g/mol. The van der Waals surface area contributed by atoms with Crippen LogP contribution in [0, 0.1) is 0 Å². The number of hydrogen-bond acceptors (Lipinski definition) is 3. The van der Waals surface area contributed by atoms with Crippen molar-refractivity contribution in [1.29, 1.82) is 0 Å². The summed E-state index contributed by atoms with van der Waals surface area (Å²) in [5, 5.41) is 9.83. The van der Waals surface area contributed by atoms with Gasteiger partial charge in [-0.25, -0.2) is 0 Å². The van der Waals surface area contributed by atoms with E-state index in [2.05, 4.69) is 0 Å². The summed E-state index contributed by atoms with van der Waals surface area (Å²) in [6.07, 6.45) is -0.434. The fraction of sp³-hybridized carbons (Fsp3) is 0.455. The van der Waals surface area contributed by atoms with Crippen LogP contribution in [0.3, 0.4) is 0 Å². The second-order valence-electron chi connectivity index (χ2n) is 3.68. The lowest BCUT2D eigenvalue weighted by molar-refractivity contribution is -0.109.